The molecular formula is C16H17N3O2. The van der Waals surface area contributed by atoms with E-state index in [1.165, 1.54) is 0 Å². The maximum atomic E-state index is 12.3. The number of nitrogens with one attached hydrogen (secondary N) is 1. The highest BCUT2D eigenvalue weighted by atomic mass is 16.2. The molecule has 0 atom stereocenters. The Hall–Kier alpha value is -2.58. The molecule has 1 amide bonds. The Balaban J connectivity index is 2.32. The van der Waals surface area contributed by atoms with Gasteiger partial charge in [-0.05, 0) is 31.5 Å². The van der Waals surface area contributed by atoms with Gasteiger partial charge >= 0.3 is 0 Å². The Bertz CT molecular complexity index is 736. The zero-order valence-electron chi connectivity index (χ0n) is 12.3. The van der Waals surface area contributed by atoms with Crippen LogP contribution in [0.15, 0.2) is 24.4 Å². The van der Waals surface area contributed by atoms with E-state index in [9.17, 15) is 4.79 Å². The first kappa shape index (κ1) is 14.8. The van der Waals surface area contributed by atoms with Gasteiger partial charge in [-0.3, -0.25) is 9.48 Å². The maximum Gasteiger partial charge on any atom is 0.259 e. The number of carbonyl (C=O) groups is 1. The lowest BCUT2D eigenvalue weighted by atomic mass is 10.1. The summed E-state index contributed by atoms with van der Waals surface area (Å²) in [5, 5.41) is 15.7. The van der Waals surface area contributed by atoms with Gasteiger partial charge in [-0.15, -0.1) is 0 Å². The molecule has 108 valence electrons. The lowest BCUT2D eigenvalue weighted by Gasteiger charge is -2.08. The van der Waals surface area contributed by atoms with Gasteiger partial charge in [0.1, 0.15) is 6.61 Å². The van der Waals surface area contributed by atoms with E-state index in [1.54, 1.807) is 17.9 Å². The van der Waals surface area contributed by atoms with Crippen molar-refractivity contribution in [3.05, 3.63) is 46.8 Å². The van der Waals surface area contributed by atoms with Gasteiger partial charge in [0.25, 0.3) is 5.91 Å². The number of anilines is 1. The maximum absolute atomic E-state index is 12.3. The van der Waals surface area contributed by atoms with Gasteiger partial charge in [-0.25, -0.2) is 0 Å². The van der Waals surface area contributed by atoms with Crippen molar-refractivity contribution in [2.45, 2.75) is 13.8 Å². The molecule has 1 aromatic carbocycles. The quantitative estimate of drug-likeness (QED) is 0.823. The number of hydrogen-bond donors (Lipinski definition) is 2. The third kappa shape index (κ3) is 3.30. The van der Waals surface area contributed by atoms with E-state index in [0.29, 0.717) is 16.8 Å². The first-order valence-electron chi connectivity index (χ1n) is 6.53. The van der Waals surface area contributed by atoms with Crippen molar-refractivity contribution < 1.29 is 9.90 Å². The number of aliphatic hydroxyl groups is 1. The van der Waals surface area contributed by atoms with Crippen LogP contribution in [0.2, 0.25) is 0 Å². The molecule has 0 spiro atoms. The number of aryl methyl sites for hydroxylation is 2. The summed E-state index contributed by atoms with van der Waals surface area (Å²) >= 11 is 0. The SMILES string of the molecule is Cc1ccc(C#CCO)c(NC(=O)c2cnn(C)c2C)c1. The minimum absolute atomic E-state index is 0.219. The highest BCUT2D eigenvalue weighted by molar-refractivity contribution is 6.05. The van der Waals surface area contributed by atoms with Crippen LogP contribution in [0, 0.1) is 25.7 Å². The Morgan fingerprint density at radius 1 is 1.43 bits per heavy atom. The first-order chi connectivity index (χ1) is 10.0. The number of hydrogen-bond acceptors (Lipinski definition) is 3. The number of aliphatic hydroxyl groups excluding tert-OH is 1. The summed E-state index contributed by atoms with van der Waals surface area (Å²) in [6.07, 6.45) is 1.54. The Labute approximate surface area is 123 Å². The molecule has 0 aliphatic heterocycles. The third-order valence-corrected chi connectivity index (χ3v) is 3.21. The standard InChI is InChI=1S/C16H17N3O2/c1-11-6-7-13(5-4-8-20)15(9-11)18-16(21)14-10-17-19(3)12(14)2/h6-7,9-10,20H,8H2,1-3H3,(H,18,21). The summed E-state index contributed by atoms with van der Waals surface area (Å²) in [5.74, 6) is 5.20. The van der Waals surface area contributed by atoms with Gasteiger partial charge in [0.05, 0.1) is 17.4 Å². The van der Waals surface area contributed by atoms with E-state index in [0.717, 1.165) is 11.3 Å². The zero-order valence-corrected chi connectivity index (χ0v) is 12.3. The molecule has 0 unspecified atom stereocenters. The minimum Gasteiger partial charge on any atom is -0.384 e. The van der Waals surface area contributed by atoms with Crippen LogP contribution in [0.25, 0.3) is 0 Å². The predicted molar refractivity (Wildman–Crippen MR) is 81.0 cm³/mol. The molecule has 0 bridgehead atoms. The monoisotopic (exact) mass is 283 g/mol. The number of aromatic nitrogens is 2. The summed E-state index contributed by atoms with van der Waals surface area (Å²) < 4.78 is 1.65. The van der Waals surface area contributed by atoms with Gasteiger partial charge in [0, 0.05) is 18.3 Å². The fourth-order valence-electron chi connectivity index (χ4n) is 1.92. The van der Waals surface area contributed by atoms with Crippen molar-refractivity contribution in [1.82, 2.24) is 9.78 Å². The normalized spacial score (nSPS) is 9.90. The number of nitrogens with zero attached hydrogens (tertiary/aromatic N) is 2. The van der Waals surface area contributed by atoms with Gasteiger partial charge in [-0.2, -0.15) is 5.10 Å². The van der Waals surface area contributed by atoms with Crippen LogP contribution in [0.3, 0.4) is 0 Å². The molecule has 2 N–H and O–H groups in total. The van der Waals surface area contributed by atoms with Gasteiger partial charge < -0.3 is 10.4 Å². The summed E-state index contributed by atoms with van der Waals surface area (Å²) in [4.78, 5) is 12.3. The third-order valence-electron chi connectivity index (χ3n) is 3.21. The number of carbonyl (C=O) groups excluding carboxylic acids is 1. The second kappa shape index (κ2) is 6.25. The van der Waals surface area contributed by atoms with Crippen LogP contribution in [0.4, 0.5) is 5.69 Å². The molecule has 0 radical (unpaired) electrons. The molecule has 0 aliphatic rings. The molecule has 0 fully saturated rings. The second-order valence-corrected chi connectivity index (χ2v) is 4.73. The largest absolute Gasteiger partial charge is 0.384 e. The second-order valence-electron chi connectivity index (χ2n) is 4.73. The van der Waals surface area contributed by atoms with E-state index in [1.807, 2.05) is 32.0 Å². The molecule has 0 saturated carbocycles. The van der Waals surface area contributed by atoms with Crippen LogP contribution >= 0.6 is 0 Å². The van der Waals surface area contributed by atoms with Crippen molar-refractivity contribution in [3.8, 4) is 11.8 Å². The van der Waals surface area contributed by atoms with Crippen LogP contribution < -0.4 is 5.32 Å². The topological polar surface area (TPSA) is 67.2 Å². The Morgan fingerprint density at radius 2 is 2.19 bits per heavy atom. The average Bonchev–Trinajstić information content (AvgIpc) is 2.78. The fourth-order valence-corrected chi connectivity index (χ4v) is 1.92. The summed E-state index contributed by atoms with van der Waals surface area (Å²) in [7, 11) is 1.79. The van der Waals surface area contributed by atoms with E-state index in [4.69, 9.17) is 5.11 Å². The minimum atomic E-state index is -0.224. The Morgan fingerprint density at radius 3 is 2.81 bits per heavy atom. The summed E-state index contributed by atoms with van der Waals surface area (Å²) in [5.41, 5.74) is 3.64. The van der Waals surface area contributed by atoms with Crippen LogP contribution in [-0.4, -0.2) is 27.4 Å². The highest BCUT2D eigenvalue weighted by Gasteiger charge is 2.14. The average molecular weight is 283 g/mol. The first-order valence-corrected chi connectivity index (χ1v) is 6.53. The molecule has 1 heterocycles. The van der Waals surface area contributed by atoms with Crippen molar-refractivity contribution in [3.63, 3.8) is 0 Å². The molecule has 5 nitrogen and oxygen atoms in total. The van der Waals surface area contributed by atoms with E-state index < -0.39 is 0 Å². The van der Waals surface area contributed by atoms with Gasteiger partial charge in [-0.1, -0.05) is 17.9 Å². The molecule has 1 aromatic heterocycles. The molecule has 21 heavy (non-hydrogen) atoms. The van der Waals surface area contributed by atoms with Crippen molar-refractivity contribution in [2.24, 2.45) is 7.05 Å². The van der Waals surface area contributed by atoms with E-state index in [2.05, 4.69) is 22.3 Å². The smallest absolute Gasteiger partial charge is 0.259 e. The molecule has 0 saturated heterocycles. The molecule has 2 rings (SSSR count). The summed E-state index contributed by atoms with van der Waals surface area (Å²) in [6.45, 7) is 3.56. The van der Waals surface area contributed by atoms with Crippen molar-refractivity contribution in [2.75, 3.05) is 11.9 Å². The predicted octanol–water partition coefficient (Wildman–Crippen LogP) is 1.63. The number of amides is 1. The number of benzene rings is 1. The van der Waals surface area contributed by atoms with Gasteiger partial charge in [0.15, 0.2) is 0 Å². The van der Waals surface area contributed by atoms with Crippen LogP contribution in [0.1, 0.15) is 27.2 Å². The Kier molecular flexibility index (Phi) is 4.41. The number of rotatable bonds is 2. The molecule has 5 heteroatoms. The van der Waals surface area contributed by atoms with Crippen LogP contribution in [0.5, 0.6) is 0 Å². The lowest BCUT2D eigenvalue weighted by molar-refractivity contribution is 0.102. The molecular weight excluding hydrogens is 266 g/mol. The molecule has 0 aliphatic carbocycles. The molecule has 2 aromatic rings. The van der Waals surface area contributed by atoms with Crippen LogP contribution in [-0.2, 0) is 7.05 Å². The van der Waals surface area contributed by atoms with Crippen molar-refractivity contribution in [1.29, 1.82) is 0 Å². The lowest BCUT2D eigenvalue weighted by Crippen LogP contribution is -2.14. The fraction of sp³-hybridized carbons (Fsp3) is 0.250. The van der Waals surface area contributed by atoms with Gasteiger partial charge in [0.2, 0.25) is 0 Å². The van der Waals surface area contributed by atoms with Crippen molar-refractivity contribution >= 4 is 11.6 Å². The highest BCUT2D eigenvalue weighted by Crippen LogP contribution is 2.18. The zero-order chi connectivity index (χ0) is 15.4. The summed E-state index contributed by atoms with van der Waals surface area (Å²) in [6, 6.07) is 5.58. The van der Waals surface area contributed by atoms with E-state index in [-0.39, 0.29) is 12.5 Å². The van der Waals surface area contributed by atoms with E-state index >= 15 is 0 Å².